The molecule has 0 fully saturated rings. The summed E-state index contributed by atoms with van der Waals surface area (Å²) in [4.78, 5) is 9.86. The van der Waals surface area contributed by atoms with Crippen LogP contribution in [0.1, 0.15) is 29.3 Å². The zero-order valence-corrected chi connectivity index (χ0v) is 14.5. The van der Waals surface area contributed by atoms with E-state index < -0.39 is 0 Å². The standard InChI is InChI=1S/C17H24N4S/c1-13-10-19-15(22-13)11-20-16(18-4)21-12-17(2,3)14-8-6-5-7-9-14/h5-10H,11-12H2,1-4H3,(H2,18,20,21). The van der Waals surface area contributed by atoms with Gasteiger partial charge >= 0.3 is 0 Å². The molecule has 0 bridgehead atoms. The molecule has 0 radical (unpaired) electrons. The van der Waals surface area contributed by atoms with Gasteiger partial charge in [0.1, 0.15) is 5.01 Å². The highest BCUT2D eigenvalue weighted by Gasteiger charge is 2.20. The van der Waals surface area contributed by atoms with Gasteiger partial charge < -0.3 is 10.6 Å². The monoisotopic (exact) mass is 316 g/mol. The van der Waals surface area contributed by atoms with E-state index in [0.717, 1.165) is 17.5 Å². The lowest BCUT2D eigenvalue weighted by Gasteiger charge is -2.26. The number of guanidine groups is 1. The van der Waals surface area contributed by atoms with Crippen LogP contribution >= 0.6 is 11.3 Å². The molecule has 0 amide bonds. The summed E-state index contributed by atoms with van der Waals surface area (Å²) >= 11 is 1.70. The van der Waals surface area contributed by atoms with E-state index >= 15 is 0 Å². The van der Waals surface area contributed by atoms with Crippen molar-refractivity contribution in [2.24, 2.45) is 4.99 Å². The number of nitrogens with one attached hydrogen (secondary N) is 2. The summed E-state index contributed by atoms with van der Waals surface area (Å²) in [7, 11) is 1.79. The van der Waals surface area contributed by atoms with Gasteiger partial charge in [-0.1, -0.05) is 44.2 Å². The highest BCUT2D eigenvalue weighted by molar-refractivity contribution is 7.11. The zero-order chi connectivity index (χ0) is 16.0. The van der Waals surface area contributed by atoms with Crippen LogP contribution in [0.2, 0.25) is 0 Å². The Labute approximate surface area is 136 Å². The molecule has 1 aromatic carbocycles. The first-order chi connectivity index (χ1) is 10.5. The maximum Gasteiger partial charge on any atom is 0.191 e. The molecule has 2 N–H and O–H groups in total. The van der Waals surface area contributed by atoms with E-state index in [2.05, 4.69) is 65.6 Å². The fourth-order valence-corrected chi connectivity index (χ4v) is 2.89. The Hall–Kier alpha value is -1.88. The third kappa shape index (κ3) is 4.56. The van der Waals surface area contributed by atoms with E-state index in [1.165, 1.54) is 10.4 Å². The van der Waals surface area contributed by atoms with Gasteiger partial charge in [0.05, 0.1) is 6.54 Å². The molecule has 0 saturated carbocycles. The lowest BCUT2D eigenvalue weighted by atomic mass is 9.85. The highest BCUT2D eigenvalue weighted by Crippen LogP contribution is 2.21. The second-order valence-electron chi connectivity index (χ2n) is 5.89. The third-order valence-corrected chi connectivity index (χ3v) is 4.47. The molecule has 0 aliphatic heterocycles. The van der Waals surface area contributed by atoms with Crippen molar-refractivity contribution in [3.8, 4) is 0 Å². The van der Waals surface area contributed by atoms with E-state index in [1.54, 1.807) is 18.4 Å². The second-order valence-corrected chi connectivity index (χ2v) is 7.21. The lowest BCUT2D eigenvalue weighted by Crippen LogP contribution is -2.43. The van der Waals surface area contributed by atoms with Gasteiger partial charge in [0.25, 0.3) is 0 Å². The molecule has 118 valence electrons. The minimum Gasteiger partial charge on any atom is -0.356 e. The van der Waals surface area contributed by atoms with Crippen molar-refractivity contribution >= 4 is 17.3 Å². The van der Waals surface area contributed by atoms with Gasteiger partial charge in [-0.15, -0.1) is 11.3 Å². The summed E-state index contributed by atoms with van der Waals surface area (Å²) in [6.07, 6.45) is 1.90. The molecule has 2 aromatic rings. The predicted octanol–water partition coefficient (Wildman–Crippen LogP) is 3.09. The normalized spacial score (nSPS) is 12.3. The minimum absolute atomic E-state index is 0.0383. The molecule has 0 aliphatic carbocycles. The SMILES string of the molecule is CN=C(NCc1ncc(C)s1)NCC(C)(C)c1ccccc1. The fraction of sp³-hybridized carbons (Fsp3) is 0.412. The number of rotatable bonds is 5. The average Bonchev–Trinajstić information content (AvgIpc) is 2.94. The Morgan fingerprint density at radius 1 is 1.23 bits per heavy atom. The molecule has 0 atom stereocenters. The number of hydrogen-bond acceptors (Lipinski definition) is 3. The Bertz CT molecular complexity index is 617. The molecule has 2 rings (SSSR count). The summed E-state index contributed by atoms with van der Waals surface area (Å²) in [6.45, 7) is 8.04. The van der Waals surface area contributed by atoms with Gasteiger partial charge in [0.15, 0.2) is 5.96 Å². The number of nitrogens with zero attached hydrogens (tertiary/aromatic N) is 2. The number of aromatic nitrogens is 1. The van der Waals surface area contributed by atoms with Gasteiger partial charge in [0.2, 0.25) is 0 Å². The van der Waals surface area contributed by atoms with Crippen molar-refractivity contribution in [2.75, 3.05) is 13.6 Å². The number of benzene rings is 1. The van der Waals surface area contributed by atoms with Crippen LogP contribution in [0.15, 0.2) is 41.5 Å². The molecule has 22 heavy (non-hydrogen) atoms. The Balaban J connectivity index is 1.88. The van der Waals surface area contributed by atoms with Crippen LogP contribution < -0.4 is 10.6 Å². The molecule has 1 aromatic heterocycles. The van der Waals surface area contributed by atoms with Gasteiger partial charge in [-0.3, -0.25) is 4.99 Å². The minimum atomic E-state index is 0.0383. The van der Waals surface area contributed by atoms with Crippen LogP contribution in [0.4, 0.5) is 0 Å². The molecule has 0 aliphatic rings. The summed E-state index contributed by atoms with van der Waals surface area (Å²) in [5.41, 5.74) is 1.35. The van der Waals surface area contributed by atoms with Gasteiger partial charge in [-0.05, 0) is 12.5 Å². The van der Waals surface area contributed by atoms with Crippen molar-refractivity contribution in [1.29, 1.82) is 0 Å². The van der Waals surface area contributed by atoms with E-state index in [0.29, 0.717) is 6.54 Å². The largest absolute Gasteiger partial charge is 0.356 e. The number of aliphatic imine (C=N–C) groups is 1. The third-order valence-electron chi connectivity index (χ3n) is 3.55. The van der Waals surface area contributed by atoms with Crippen LogP contribution in [0.5, 0.6) is 0 Å². The van der Waals surface area contributed by atoms with Gasteiger partial charge in [-0.2, -0.15) is 0 Å². The number of hydrogen-bond donors (Lipinski definition) is 2. The molecule has 0 unspecified atom stereocenters. The van der Waals surface area contributed by atoms with Crippen molar-refractivity contribution in [3.63, 3.8) is 0 Å². The van der Waals surface area contributed by atoms with Crippen LogP contribution in [0.3, 0.4) is 0 Å². The van der Waals surface area contributed by atoms with Crippen LogP contribution in [0, 0.1) is 6.92 Å². The van der Waals surface area contributed by atoms with Gasteiger partial charge in [0, 0.05) is 30.1 Å². The topological polar surface area (TPSA) is 49.3 Å². The molecule has 5 heteroatoms. The van der Waals surface area contributed by atoms with Crippen molar-refractivity contribution in [3.05, 3.63) is 52.0 Å². The second kappa shape index (κ2) is 7.40. The van der Waals surface area contributed by atoms with E-state index in [1.807, 2.05) is 12.3 Å². The molecule has 0 spiro atoms. The smallest absolute Gasteiger partial charge is 0.191 e. The van der Waals surface area contributed by atoms with E-state index in [4.69, 9.17) is 0 Å². The maximum absolute atomic E-state index is 4.35. The van der Waals surface area contributed by atoms with E-state index in [9.17, 15) is 0 Å². The average molecular weight is 316 g/mol. The summed E-state index contributed by atoms with van der Waals surface area (Å²) in [5.74, 6) is 0.803. The Morgan fingerprint density at radius 3 is 2.55 bits per heavy atom. The first kappa shape index (κ1) is 16.5. The van der Waals surface area contributed by atoms with Crippen molar-refractivity contribution in [1.82, 2.24) is 15.6 Å². The number of thiazole rings is 1. The molecule has 4 nitrogen and oxygen atoms in total. The molecule has 1 heterocycles. The van der Waals surface area contributed by atoms with Crippen molar-refractivity contribution < 1.29 is 0 Å². The Morgan fingerprint density at radius 2 is 1.95 bits per heavy atom. The first-order valence-electron chi connectivity index (χ1n) is 7.42. The lowest BCUT2D eigenvalue weighted by molar-refractivity contribution is 0.508. The van der Waals surface area contributed by atoms with Crippen molar-refractivity contribution in [2.45, 2.75) is 32.7 Å². The Kier molecular flexibility index (Phi) is 5.55. The predicted molar refractivity (Wildman–Crippen MR) is 94.5 cm³/mol. The first-order valence-corrected chi connectivity index (χ1v) is 8.24. The van der Waals surface area contributed by atoms with Crippen LogP contribution in [-0.4, -0.2) is 24.5 Å². The molecular weight excluding hydrogens is 292 g/mol. The number of aryl methyl sites for hydroxylation is 1. The molecular formula is C17H24N4S. The van der Waals surface area contributed by atoms with E-state index in [-0.39, 0.29) is 5.41 Å². The van der Waals surface area contributed by atoms with Crippen LogP contribution in [0.25, 0.3) is 0 Å². The summed E-state index contributed by atoms with van der Waals surface area (Å²) < 4.78 is 0. The molecule has 0 saturated heterocycles. The maximum atomic E-state index is 4.35. The van der Waals surface area contributed by atoms with Gasteiger partial charge in [-0.25, -0.2) is 4.98 Å². The fourth-order valence-electron chi connectivity index (χ4n) is 2.16. The quantitative estimate of drug-likeness (QED) is 0.658. The highest BCUT2D eigenvalue weighted by atomic mass is 32.1. The van der Waals surface area contributed by atoms with Crippen LogP contribution in [-0.2, 0) is 12.0 Å². The zero-order valence-electron chi connectivity index (χ0n) is 13.7. The summed E-state index contributed by atoms with van der Waals surface area (Å²) in [5, 5.41) is 7.78. The summed E-state index contributed by atoms with van der Waals surface area (Å²) in [6, 6.07) is 10.5.